The van der Waals surface area contributed by atoms with Gasteiger partial charge in [-0.25, -0.2) is 22.0 Å². The van der Waals surface area contributed by atoms with Crippen molar-refractivity contribution >= 4 is 35.7 Å². The second kappa shape index (κ2) is 9.64. The first kappa shape index (κ1) is 25.2. The molecule has 13 heteroatoms. The highest BCUT2D eigenvalue weighted by Crippen LogP contribution is 2.37. The number of primary sulfonamides is 1. The lowest BCUT2D eigenvalue weighted by molar-refractivity contribution is 0.485. The summed E-state index contributed by atoms with van der Waals surface area (Å²) in [5.41, 5.74) is -0.165. The number of nitrogens with two attached hydrogens (primary N) is 1. The smallest absolute Gasteiger partial charge is 0.341 e. The minimum atomic E-state index is -4.62. The van der Waals surface area contributed by atoms with Gasteiger partial charge < -0.3 is 13.9 Å². The maximum atomic E-state index is 13.4. The summed E-state index contributed by atoms with van der Waals surface area (Å²) in [5, 5.41) is 7.40. The van der Waals surface area contributed by atoms with Gasteiger partial charge in [0.2, 0.25) is 10.0 Å². The largest absolute Gasteiger partial charge is 0.467 e. The van der Waals surface area contributed by atoms with Crippen molar-refractivity contribution in [3.8, 4) is 5.75 Å². The third-order valence-electron chi connectivity index (χ3n) is 5.65. The Morgan fingerprint density at radius 2 is 1.57 bits per heavy atom. The third kappa shape index (κ3) is 5.53. The topological polar surface area (TPSA) is 163 Å². The zero-order valence-electron chi connectivity index (χ0n) is 18.5. The van der Waals surface area contributed by atoms with E-state index in [1.807, 2.05) is 0 Å². The number of hydrogen-bond donors (Lipinski definition) is 2. The number of furan rings is 1. The molecule has 0 bridgehead atoms. The van der Waals surface area contributed by atoms with E-state index in [1.165, 1.54) is 18.4 Å². The van der Waals surface area contributed by atoms with Gasteiger partial charge in [0.25, 0.3) is 0 Å². The number of rotatable bonds is 9. The van der Waals surface area contributed by atoms with Crippen LogP contribution >= 0.6 is 0 Å². The minimum Gasteiger partial charge on any atom is -0.467 e. The first-order chi connectivity index (χ1) is 16.5. The van der Waals surface area contributed by atoms with Gasteiger partial charge in [-0.15, -0.1) is 0 Å². The van der Waals surface area contributed by atoms with Gasteiger partial charge in [0.05, 0.1) is 28.6 Å². The maximum Gasteiger partial charge on any atom is 0.341 e. The van der Waals surface area contributed by atoms with Gasteiger partial charge in [-0.2, -0.15) is 8.42 Å². The lowest BCUT2D eigenvalue weighted by Crippen LogP contribution is -2.24. The van der Waals surface area contributed by atoms with Crippen molar-refractivity contribution in [2.45, 2.75) is 52.2 Å². The number of para-hydroxylation sites is 1. The fourth-order valence-corrected chi connectivity index (χ4v) is 8.40. The van der Waals surface area contributed by atoms with E-state index in [2.05, 4.69) is 5.32 Å². The first-order valence-corrected chi connectivity index (χ1v) is 15.2. The Hall–Kier alpha value is -2.87. The molecule has 0 amide bonds. The number of sulfonamides is 1. The molecule has 0 saturated heterocycles. The summed E-state index contributed by atoms with van der Waals surface area (Å²) in [6, 6.07) is 12.6. The highest BCUT2D eigenvalue weighted by atomic mass is 32.2. The molecule has 0 aliphatic heterocycles. The van der Waals surface area contributed by atoms with E-state index in [4.69, 9.17) is 13.7 Å². The molecule has 4 rings (SSSR count). The van der Waals surface area contributed by atoms with Crippen LogP contribution in [0.15, 0.2) is 80.0 Å². The quantitative estimate of drug-likeness (QED) is 0.388. The van der Waals surface area contributed by atoms with E-state index in [0.717, 1.165) is 12.1 Å². The predicted molar refractivity (Wildman–Crippen MR) is 128 cm³/mol. The van der Waals surface area contributed by atoms with Crippen LogP contribution in [0.4, 0.5) is 5.69 Å². The van der Waals surface area contributed by atoms with Crippen LogP contribution in [0.1, 0.15) is 31.4 Å². The number of anilines is 1. The van der Waals surface area contributed by atoms with E-state index < -0.39 is 49.9 Å². The molecule has 0 radical (unpaired) electrons. The Labute approximate surface area is 204 Å². The van der Waals surface area contributed by atoms with E-state index in [1.54, 1.807) is 30.3 Å². The number of nitrogens with one attached hydrogen (secondary N) is 1. The normalized spacial score (nSPS) is 15.2. The molecule has 1 heterocycles. The van der Waals surface area contributed by atoms with E-state index in [0.29, 0.717) is 31.4 Å². The van der Waals surface area contributed by atoms with Crippen LogP contribution in [0.5, 0.6) is 5.75 Å². The van der Waals surface area contributed by atoms with Crippen molar-refractivity contribution in [2.24, 2.45) is 5.14 Å². The summed E-state index contributed by atoms with van der Waals surface area (Å²) in [7, 11) is -13.4. The average molecular weight is 541 g/mol. The molecule has 2 aromatic carbocycles. The molecule has 188 valence electrons. The lowest BCUT2D eigenvalue weighted by Gasteiger charge is -2.19. The molecular formula is C22H24N2O8S3. The molecular weight excluding hydrogens is 516 g/mol. The van der Waals surface area contributed by atoms with Gasteiger partial charge in [0.15, 0.2) is 9.84 Å². The average Bonchev–Trinajstić information content (AvgIpc) is 3.51. The molecule has 3 aromatic rings. The molecule has 0 spiro atoms. The third-order valence-corrected chi connectivity index (χ3v) is 10.3. The highest BCUT2D eigenvalue weighted by Gasteiger charge is 2.37. The van der Waals surface area contributed by atoms with E-state index in [9.17, 15) is 25.3 Å². The first-order valence-electron chi connectivity index (χ1n) is 10.7. The van der Waals surface area contributed by atoms with Gasteiger partial charge in [0, 0.05) is 0 Å². The van der Waals surface area contributed by atoms with Crippen LogP contribution in [0.3, 0.4) is 0 Å². The zero-order chi connectivity index (χ0) is 25.3. The summed E-state index contributed by atoms with van der Waals surface area (Å²) in [5.74, 6) is 0.428. The van der Waals surface area contributed by atoms with E-state index in [-0.39, 0.29) is 18.0 Å². The van der Waals surface area contributed by atoms with Crippen molar-refractivity contribution < 1.29 is 33.9 Å². The molecule has 35 heavy (non-hydrogen) atoms. The van der Waals surface area contributed by atoms with Crippen LogP contribution in [0.2, 0.25) is 0 Å². The summed E-state index contributed by atoms with van der Waals surface area (Å²) in [6.45, 7) is -0.00149. The second-order valence-electron chi connectivity index (χ2n) is 8.08. The Kier molecular flexibility index (Phi) is 6.95. The molecule has 1 saturated carbocycles. The Morgan fingerprint density at radius 3 is 2.17 bits per heavy atom. The van der Waals surface area contributed by atoms with Crippen LogP contribution in [0.25, 0.3) is 0 Å². The zero-order valence-corrected chi connectivity index (χ0v) is 20.9. The summed E-state index contributed by atoms with van der Waals surface area (Å²) < 4.78 is 88.5. The van der Waals surface area contributed by atoms with Crippen molar-refractivity contribution in [1.82, 2.24) is 0 Å². The van der Waals surface area contributed by atoms with E-state index >= 15 is 0 Å². The van der Waals surface area contributed by atoms with Gasteiger partial charge in [0.1, 0.15) is 21.3 Å². The van der Waals surface area contributed by atoms with Crippen LogP contribution in [-0.2, 0) is 36.5 Å². The summed E-state index contributed by atoms with van der Waals surface area (Å²) in [4.78, 5) is -1.93. The van der Waals surface area contributed by atoms with Crippen LogP contribution in [0, 0.1) is 0 Å². The monoisotopic (exact) mass is 540 g/mol. The fraction of sp³-hybridized carbons (Fsp3) is 0.273. The number of benzene rings is 2. The SMILES string of the molecule is NS(=O)(=O)c1cc(S(=O)(=O)Oc2ccccc2)c(NCc2ccco2)cc1S(=O)(=O)C1CCCC1. The maximum absolute atomic E-state index is 13.4. The van der Waals surface area contributed by atoms with Gasteiger partial charge in [-0.1, -0.05) is 31.0 Å². The van der Waals surface area contributed by atoms with Crippen LogP contribution < -0.4 is 14.6 Å². The summed E-state index contributed by atoms with van der Waals surface area (Å²) >= 11 is 0. The highest BCUT2D eigenvalue weighted by molar-refractivity contribution is 7.94. The summed E-state index contributed by atoms with van der Waals surface area (Å²) in [6.07, 6.45) is 3.55. The molecule has 10 nitrogen and oxygen atoms in total. The van der Waals surface area contributed by atoms with Crippen molar-refractivity contribution in [3.63, 3.8) is 0 Å². The Morgan fingerprint density at radius 1 is 0.886 bits per heavy atom. The molecule has 0 unspecified atom stereocenters. The molecule has 0 atom stereocenters. The molecule has 1 aliphatic carbocycles. The molecule has 3 N–H and O–H groups in total. The van der Waals surface area contributed by atoms with Gasteiger partial charge in [-0.05, 0) is 49.2 Å². The Balaban J connectivity index is 1.89. The van der Waals surface area contributed by atoms with Gasteiger partial charge >= 0.3 is 10.1 Å². The van der Waals surface area contributed by atoms with Gasteiger partial charge in [-0.3, -0.25) is 0 Å². The standard InChI is InChI=1S/C22H24N2O8S3/c23-34(27,28)22-14-20(35(29,30)32-16-7-2-1-3-8-16)19(24-15-17-9-6-12-31-17)13-21(22)33(25,26)18-10-4-5-11-18/h1-3,6-9,12-14,18,24H,4-5,10-11,15H2,(H2,23,27,28). The lowest BCUT2D eigenvalue weighted by atomic mass is 10.3. The molecule has 1 aliphatic rings. The number of hydrogen-bond acceptors (Lipinski definition) is 9. The Bertz CT molecular complexity index is 1510. The molecule has 1 aromatic heterocycles. The fourth-order valence-electron chi connectivity index (χ4n) is 3.95. The predicted octanol–water partition coefficient (Wildman–Crippen LogP) is 3.02. The second-order valence-corrected chi connectivity index (χ2v) is 13.3. The number of sulfone groups is 1. The molecule has 1 fully saturated rings. The van der Waals surface area contributed by atoms with Crippen molar-refractivity contribution in [1.29, 1.82) is 0 Å². The van der Waals surface area contributed by atoms with Crippen molar-refractivity contribution in [3.05, 3.63) is 66.6 Å². The minimum absolute atomic E-state index is 0.00149. The van der Waals surface area contributed by atoms with Crippen molar-refractivity contribution in [2.75, 3.05) is 5.32 Å². The van der Waals surface area contributed by atoms with Crippen LogP contribution in [-0.4, -0.2) is 30.5 Å².